The van der Waals surface area contributed by atoms with Crippen molar-refractivity contribution < 1.29 is 4.79 Å². The molecule has 21 heavy (non-hydrogen) atoms. The van der Waals surface area contributed by atoms with E-state index in [4.69, 9.17) is 0 Å². The van der Waals surface area contributed by atoms with Gasteiger partial charge in [0, 0.05) is 37.1 Å². The Bertz CT molecular complexity index is 750. The number of aryl methyl sites for hydroxylation is 1. The fourth-order valence-corrected chi connectivity index (χ4v) is 1.74. The minimum atomic E-state index is -0.321. The molecule has 8 heteroatoms. The lowest BCUT2D eigenvalue weighted by Gasteiger charge is -2.08. The summed E-state index contributed by atoms with van der Waals surface area (Å²) < 4.78 is 2.63. The van der Waals surface area contributed by atoms with Crippen LogP contribution in [0.5, 0.6) is 0 Å². The van der Waals surface area contributed by atoms with E-state index < -0.39 is 0 Å². The van der Waals surface area contributed by atoms with Gasteiger partial charge in [0.2, 0.25) is 5.91 Å². The van der Waals surface area contributed by atoms with Gasteiger partial charge in [0.1, 0.15) is 6.54 Å². The number of amides is 1. The Hall–Kier alpha value is -2.77. The molecule has 0 aliphatic rings. The Labute approximate surface area is 120 Å². The molecule has 0 aromatic carbocycles. The summed E-state index contributed by atoms with van der Waals surface area (Å²) in [5.41, 5.74) is 0.118. The highest BCUT2D eigenvalue weighted by Gasteiger charge is 2.04. The number of nitrogens with one attached hydrogen (secondary N) is 1. The second-order valence-electron chi connectivity index (χ2n) is 4.47. The Morgan fingerprint density at radius 2 is 2.00 bits per heavy atom. The van der Waals surface area contributed by atoms with Gasteiger partial charge in [-0.3, -0.25) is 23.5 Å². The van der Waals surface area contributed by atoms with Crippen molar-refractivity contribution in [3.63, 3.8) is 0 Å². The van der Waals surface area contributed by atoms with E-state index in [1.54, 1.807) is 6.92 Å². The second kappa shape index (κ2) is 6.60. The van der Waals surface area contributed by atoms with E-state index in [0.717, 1.165) is 0 Å². The van der Waals surface area contributed by atoms with Gasteiger partial charge in [-0.1, -0.05) is 0 Å². The van der Waals surface area contributed by atoms with Crippen LogP contribution in [-0.2, 0) is 17.9 Å². The van der Waals surface area contributed by atoms with Crippen LogP contribution in [0.4, 0.5) is 0 Å². The van der Waals surface area contributed by atoms with Gasteiger partial charge in [0.05, 0.1) is 12.7 Å². The van der Waals surface area contributed by atoms with Gasteiger partial charge in [-0.2, -0.15) is 0 Å². The van der Waals surface area contributed by atoms with E-state index in [-0.39, 0.29) is 30.1 Å². The van der Waals surface area contributed by atoms with Gasteiger partial charge in [-0.25, -0.2) is 9.97 Å². The van der Waals surface area contributed by atoms with Crippen LogP contribution >= 0.6 is 0 Å². The normalized spacial score (nSPS) is 10.3. The predicted molar refractivity (Wildman–Crippen MR) is 74.7 cm³/mol. The van der Waals surface area contributed by atoms with E-state index in [1.165, 1.54) is 40.2 Å². The van der Waals surface area contributed by atoms with Crippen molar-refractivity contribution in [1.82, 2.24) is 24.4 Å². The third-order valence-corrected chi connectivity index (χ3v) is 2.85. The first kappa shape index (κ1) is 14.6. The van der Waals surface area contributed by atoms with E-state index in [1.807, 2.05) is 0 Å². The highest BCUT2D eigenvalue weighted by Crippen LogP contribution is 1.85. The van der Waals surface area contributed by atoms with Gasteiger partial charge in [-0.05, 0) is 6.92 Å². The smallest absolute Gasteiger partial charge is 0.256 e. The van der Waals surface area contributed by atoms with Crippen LogP contribution in [0.15, 0.2) is 40.7 Å². The van der Waals surface area contributed by atoms with Crippen LogP contribution < -0.4 is 16.4 Å². The summed E-state index contributed by atoms with van der Waals surface area (Å²) in [5.74, 6) is -0.321. The molecule has 0 saturated heterocycles. The first-order valence-electron chi connectivity index (χ1n) is 6.36. The van der Waals surface area contributed by atoms with Crippen molar-refractivity contribution in [2.75, 3.05) is 6.54 Å². The molecular formula is C13H15N5O3. The average Bonchev–Trinajstić information content (AvgIpc) is 2.46. The minimum absolute atomic E-state index is 0.104. The molecule has 1 N–H and O–H groups in total. The van der Waals surface area contributed by atoms with Crippen molar-refractivity contribution in [3.05, 3.63) is 57.4 Å². The molecule has 1 amide bonds. The summed E-state index contributed by atoms with van der Waals surface area (Å²) in [4.78, 5) is 42.6. The number of aromatic nitrogens is 4. The Kier molecular flexibility index (Phi) is 4.60. The lowest BCUT2D eigenvalue weighted by molar-refractivity contribution is -0.121. The zero-order valence-electron chi connectivity index (χ0n) is 11.5. The van der Waals surface area contributed by atoms with Crippen molar-refractivity contribution >= 4 is 5.91 Å². The summed E-state index contributed by atoms with van der Waals surface area (Å²) in [6, 6.07) is 1.28. The maximum Gasteiger partial charge on any atom is 0.256 e. The van der Waals surface area contributed by atoms with Crippen molar-refractivity contribution in [1.29, 1.82) is 0 Å². The first-order valence-corrected chi connectivity index (χ1v) is 6.36. The van der Waals surface area contributed by atoms with Gasteiger partial charge in [0.25, 0.3) is 11.1 Å². The van der Waals surface area contributed by atoms with Crippen LogP contribution in [0.3, 0.4) is 0 Å². The lowest BCUT2D eigenvalue weighted by atomic mass is 10.4. The number of carbonyl (C=O) groups excluding carboxylic acids is 1. The Morgan fingerprint density at radius 1 is 1.24 bits per heavy atom. The first-order chi connectivity index (χ1) is 10.1. The van der Waals surface area contributed by atoms with E-state index in [9.17, 15) is 14.4 Å². The predicted octanol–water partition coefficient (Wildman–Crippen LogP) is -1.08. The molecule has 2 rings (SSSR count). The van der Waals surface area contributed by atoms with Gasteiger partial charge < -0.3 is 5.32 Å². The molecule has 0 unspecified atom stereocenters. The van der Waals surface area contributed by atoms with Crippen LogP contribution in [0.1, 0.15) is 5.56 Å². The number of carbonyl (C=O) groups is 1. The third-order valence-electron chi connectivity index (χ3n) is 2.85. The molecule has 0 radical (unpaired) electrons. The topological polar surface area (TPSA) is 98.9 Å². The SMILES string of the molecule is Cc1cncn(CCNC(=O)Cn2cnccc2=O)c1=O. The zero-order chi connectivity index (χ0) is 15.2. The molecule has 2 aromatic rings. The average molecular weight is 289 g/mol. The standard InChI is InChI=1S/C13H15N5O3/c1-10-6-15-9-17(13(10)21)5-4-16-11(19)7-18-8-14-3-2-12(18)20/h2-3,6,8-9H,4-5,7H2,1H3,(H,16,19). The molecular weight excluding hydrogens is 274 g/mol. The van der Waals surface area contributed by atoms with E-state index in [2.05, 4.69) is 15.3 Å². The van der Waals surface area contributed by atoms with Crippen molar-refractivity contribution in [2.45, 2.75) is 20.0 Å². The Morgan fingerprint density at radius 3 is 2.76 bits per heavy atom. The highest BCUT2D eigenvalue weighted by molar-refractivity contribution is 5.75. The molecule has 0 spiro atoms. The molecule has 0 saturated carbocycles. The molecule has 0 bridgehead atoms. The zero-order valence-corrected chi connectivity index (χ0v) is 11.5. The maximum absolute atomic E-state index is 11.7. The van der Waals surface area contributed by atoms with Crippen LogP contribution in [0.25, 0.3) is 0 Å². The number of rotatable bonds is 5. The largest absolute Gasteiger partial charge is 0.353 e. The van der Waals surface area contributed by atoms with Crippen LogP contribution in [0, 0.1) is 6.92 Å². The highest BCUT2D eigenvalue weighted by atomic mass is 16.2. The minimum Gasteiger partial charge on any atom is -0.353 e. The van der Waals surface area contributed by atoms with Crippen molar-refractivity contribution in [2.24, 2.45) is 0 Å². The summed E-state index contributed by atoms with van der Waals surface area (Å²) in [6.07, 6.45) is 5.59. The summed E-state index contributed by atoms with van der Waals surface area (Å²) in [7, 11) is 0. The second-order valence-corrected chi connectivity index (χ2v) is 4.47. The molecule has 0 aliphatic heterocycles. The maximum atomic E-state index is 11.7. The van der Waals surface area contributed by atoms with Crippen LogP contribution in [-0.4, -0.2) is 31.6 Å². The molecule has 2 heterocycles. The quantitative estimate of drug-likeness (QED) is 0.755. The summed E-state index contributed by atoms with van der Waals surface area (Å²) >= 11 is 0. The van der Waals surface area contributed by atoms with Crippen molar-refractivity contribution in [3.8, 4) is 0 Å². The molecule has 0 fully saturated rings. The third kappa shape index (κ3) is 3.85. The van der Waals surface area contributed by atoms with Gasteiger partial charge in [0.15, 0.2) is 0 Å². The fourth-order valence-electron chi connectivity index (χ4n) is 1.74. The van der Waals surface area contributed by atoms with Crippen LogP contribution in [0.2, 0.25) is 0 Å². The number of hydrogen-bond acceptors (Lipinski definition) is 5. The molecule has 2 aromatic heterocycles. The summed E-state index contributed by atoms with van der Waals surface area (Å²) in [6.45, 7) is 2.17. The molecule has 110 valence electrons. The monoisotopic (exact) mass is 289 g/mol. The lowest BCUT2D eigenvalue weighted by Crippen LogP contribution is -2.35. The van der Waals surface area contributed by atoms with E-state index in [0.29, 0.717) is 12.1 Å². The number of hydrogen-bond donors (Lipinski definition) is 1. The fraction of sp³-hybridized carbons (Fsp3) is 0.308. The number of nitrogens with zero attached hydrogens (tertiary/aromatic N) is 4. The van der Waals surface area contributed by atoms with Gasteiger partial charge >= 0.3 is 0 Å². The Balaban J connectivity index is 1.88. The van der Waals surface area contributed by atoms with E-state index >= 15 is 0 Å². The summed E-state index contributed by atoms with van der Waals surface area (Å²) in [5, 5.41) is 2.64. The molecule has 0 atom stereocenters. The van der Waals surface area contributed by atoms with Gasteiger partial charge in [-0.15, -0.1) is 0 Å². The molecule has 8 nitrogen and oxygen atoms in total. The molecule has 0 aliphatic carbocycles.